The average Bonchev–Trinajstić information content (AvgIpc) is 2.54. The summed E-state index contributed by atoms with van der Waals surface area (Å²) in [5.74, 6) is 0.180. The quantitative estimate of drug-likeness (QED) is 0.770. The van der Waals surface area contributed by atoms with Gasteiger partial charge < -0.3 is 4.74 Å². The Kier molecular flexibility index (Phi) is 4.03. The molecule has 1 heterocycles. The summed E-state index contributed by atoms with van der Waals surface area (Å²) in [4.78, 5) is 16.6. The van der Waals surface area contributed by atoms with Gasteiger partial charge in [0, 0.05) is 5.56 Å². The second-order valence-corrected chi connectivity index (χ2v) is 6.87. The summed E-state index contributed by atoms with van der Waals surface area (Å²) in [7, 11) is 0. The fourth-order valence-electron chi connectivity index (χ4n) is 2.63. The van der Waals surface area contributed by atoms with E-state index in [0.29, 0.717) is 5.90 Å². The van der Waals surface area contributed by atoms with Crippen LogP contribution in [0.15, 0.2) is 59.6 Å². The zero-order valence-electron chi connectivity index (χ0n) is 13.7. The molecule has 3 rings (SSSR count). The monoisotopic (exact) mass is 307 g/mol. The zero-order valence-corrected chi connectivity index (χ0v) is 13.7. The lowest BCUT2D eigenvalue weighted by Gasteiger charge is -2.22. The number of carbonyl (C=O) groups excluding carboxylic acids is 1. The maximum atomic E-state index is 12.0. The van der Waals surface area contributed by atoms with E-state index in [0.717, 1.165) is 11.1 Å². The number of esters is 1. The van der Waals surface area contributed by atoms with Crippen LogP contribution in [0.4, 0.5) is 0 Å². The van der Waals surface area contributed by atoms with Gasteiger partial charge in [-0.05, 0) is 28.7 Å². The Morgan fingerprint density at radius 2 is 1.65 bits per heavy atom. The summed E-state index contributed by atoms with van der Waals surface area (Å²) < 4.78 is 5.36. The van der Waals surface area contributed by atoms with Crippen molar-refractivity contribution in [3.05, 3.63) is 71.3 Å². The molecule has 3 heteroatoms. The first-order valence-corrected chi connectivity index (χ1v) is 7.88. The maximum absolute atomic E-state index is 12.0. The molecule has 23 heavy (non-hydrogen) atoms. The highest BCUT2D eigenvalue weighted by Gasteiger charge is 2.25. The van der Waals surface area contributed by atoms with Crippen molar-refractivity contribution in [2.24, 2.45) is 4.99 Å². The third-order valence-electron chi connectivity index (χ3n) is 4.03. The second-order valence-electron chi connectivity index (χ2n) is 6.87. The molecule has 118 valence electrons. The topological polar surface area (TPSA) is 38.7 Å². The van der Waals surface area contributed by atoms with Crippen molar-refractivity contribution in [2.45, 2.75) is 38.6 Å². The van der Waals surface area contributed by atoms with Gasteiger partial charge in [-0.1, -0.05) is 63.2 Å². The number of aliphatic imine (C=N–C) groups is 1. The van der Waals surface area contributed by atoms with E-state index in [1.54, 1.807) is 0 Å². The molecule has 0 fully saturated rings. The summed E-state index contributed by atoms with van der Waals surface area (Å²) in [6.45, 7) is 6.52. The van der Waals surface area contributed by atoms with E-state index < -0.39 is 0 Å². The molecule has 1 atom stereocenters. The number of hydrogen-bond acceptors (Lipinski definition) is 3. The van der Waals surface area contributed by atoms with E-state index in [2.05, 4.69) is 37.9 Å². The molecule has 0 N–H and O–H groups in total. The lowest BCUT2D eigenvalue weighted by atomic mass is 9.86. The molecule has 1 aliphatic rings. The molecular formula is C20H21NO2. The first-order valence-electron chi connectivity index (χ1n) is 7.88. The molecule has 2 aromatic carbocycles. The van der Waals surface area contributed by atoms with Gasteiger partial charge in [0.05, 0.1) is 12.5 Å². The van der Waals surface area contributed by atoms with Gasteiger partial charge in [-0.3, -0.25) is 4.79 Å². The first-order chi connectivity index (χ1) is 10.9. The second kappa shape index (κ2) is 5.99. The number of carbonyl (C=O) groups is 1. The van der Waals surface area contributed by atoms with Crippen LogP contribution in [0.2, 0.25) is 0 Å². The minimum atomic E-state index is -0.233. The van der Waals surface area contributed by atoms with Crippen LogP contribution >= 0.6 is 0 Å². The van der Waals surface area contributed by atoms with E-state index >= 15 is 0 Å². The fourth-order valence-corrected chi connectivity index (χ4v) is 2.63. The van der Waals surface area contributed by atoms with E-state index in [4.69, 9.17) is 4.74 Å². The SMILES string of the molecule is CC(C)(C)c1ccc(C2=NC(c3ccccc3)CC(=O)O2)cc1. The Balaban J connectivity index is 1.92. The summed E-state index contributed by atoms with van der Waals surface area (Å²) in [5.41, 5.74) is 3.21. The highest BCUT2D eigenvalue weighted by Crippen LogP contribution is 2.28. The molecule has 0 amide bonds. The fraction of sp³-hybridized carbons (Fsp3) is 0.300. The minimum Gasteiger partial charge on any atom is -0.407 e. The number of ether oxygens (including phenoxy) is 1. The number of benzene rings is 2. The molecular weight excluding hydrogens is 286 g/mol. The molecule has 2 aromatic rings. The van der Waals surface area contributed by atoms with Crippen LogP contribution in [0.5, 0.6) is 0 Å². The van der Waals surface area contributed by atoms with Crippen LogP contribution in [0.3, 0.4) is 0 Å². The summed E-state index contributed by atoms with van der Waals surface area (Å²) >= 11 is 0. The first kappa shape index (κ1) is 15.5. The smallest absolute Gasteiger partial charge is 0.315 e. The van der Waals surface area contributed by atoms with Gasteiger partial charge >= 0.3 is 5.97 Å². The largest absolute Gasteiger partial charge is 0.407 e. The number of nitrogens with zero attached hydrogens (tertiary/aromatic N) is 1. The van der Waals surface area contributed by atoms with Crippen molar-refractivity contribution in [1.29, 1.82) is 0 Å². The van der Waals surface area contributed by atoms with Crippen molar-refractivity contribution < 1.29 is 9.53 Å². The van der Waals surface area contributed by atoms with Crippen LogP contribution in [-0.2, 0) is 14.9 Å². The van der Waals surface area contributed by atoms with Crippen LogP contribution in [0, 0.1) is 0 Å². The molecule has 0 saturated carbocycles. The van der Waals surface area contributed by atoms with E-state index in [-0.39, 0.29) is 23.8 Å². The molecule has 1 aliphatic heterocycles. The van der Waals surface area contributed by atoms with Crippen molar-refractivity contribution in [3.8, 4) is 0 Å². The van der Waals surface area contributed by atoms with Crippen molar-refractivity contribution in [3.63, 3.8) is 0 Å². The zero-order chi connectivity index (χ0) is 16.4. The van der Waals surface area contributed by atoms with E-state index in [9.17, 15) is 4.79 Å². The molecule has 0 aliphatic carbocycles. The number of cyclic esters (lactones) is 1. The van der Waals surface area contributed by atoms with Gasteiger partial charge in [0.15, 0.2) is 0 Å². The third-order valence-corrected chi connectivity index (χ3v) is 4.03. The Labute approximate surface area is 137 Å². The van der Waals surface area contributed by atoms with Crippen molar-refractivity contribution in [2.75, 3.05) is 0 Å². The third kappa shape index (κ3) is 3.50. The predicted octanol–water partition coefficient (Wildman–Crippen LogP) is 4.42. The highest BCUT2D eigenvalue weighted by atomic mass is 16.5. The molecule has 3 nitrogen and oxygen atoms in total. The van der Waals surface area contributed by atoms with Crippen molar-refractivity contribution >= 4 is 11.9 Å². The van der Waals surface area contributed by atoms with E-state index in [1.807, 2.05) is 42.5 Å². The Morgan fingerprint density at radius 1 is 1.00 bits per heavy atom. The van der Waals surface area contributed by atoms with Crippen LogP contribution < -0.4 is 0 Å². The van der Waals surface area contributed by atoms with Gasteiger partial charge in [0.2, 0.25) is 5.90 Å². The van der Waals surface area contributed by atoms with Gasteiger partial charge in [-0.25, -0.2) is 4.99 Å². The normalized spacial score (nSPS) is 18.3. The molecule has 0 saturated heterocycles. The summed E-state index contributed by atoms with van der Waals surface area (Å²) in [5, 5.41) is 0. The van der Waals surface area contributed by atoms with Crippen LogP contribution in [0.25, 0.3) is 0 Å². The Morgan fingerprint density at radius 3 is 2.26 bits per heavy atom. The lowest BCUT2D eigenvalue weighted by Crippen LogP contribution is -2.22. The van der Waals surface area contributed by atoms with Gasteiger partial charge in [-0.15, -0.1) is 0 Å². The Bertz CT molecular complexity index is 724. The number of hydrogen-bond donors (Lipinski definition) is 0. The standard InChI is InChI=1S/C20H21NO2/c1-20(2,3)16-11-9-15(10-12-16)19-21-17(13-18(22)23-19)14-7-5-4-6-8-14/h4-12,17H,13H2,1-3H3. The van der Waals surface area contributed by atoms with Gasteiger partial charge in [0.25, 0.3) is 0 Å². The summed E-state index contributed by atoms with van der Waals surface area (Å²) in [6, 6.07) is 17.8. The molecule has 1 unspecified atom stereocenters. The molecule has 0 spiro atoms. The molecule has 0 radical (unpaired) electrons. The minimum absolute atomic E-state index is 0.0934. The van der Waals surface area contributed by atoms with Crippen LogP contribution in [-0.4, -0.2) is 11.9 Å². The predicted molar refractivity (Wildman–Crippen MR) is 91.6 cm³/mol. The van der Waals surface area contributed by atoms with Crippen LogP contribution in [0.1, 0.15) is 49.9 Å². The highest BCUT2D eigenvalue weighted by molar-refractivity contribution is 6.02. The molecule has 0 aromatic heterocycles. The lowest BCUT2D eigenvalue weighted by molar-refractivity contribution is -0.136. The van der Waals surface area contributed by atoms with Crippen molar-refractivity contribution in [1.82, 2.24) is 0 Å². The van der Waals surface area contributed by atoms with Gasteiger partial charge in [0.1, 0.15) is 0 Å². The average molecular weight is 307 g/mol. The summed E-state index contributed by atoms with van der Waals surface area (Å²) in [6.07, 6.45) is 0.285. The van der Waals surface area contributed by atoms with Gasteiger partial charge in [-0.2, -0.15) is 0 Å². The Hall–Kier alpha value is -2.42. The maximum Gasteiger partial charge on any atom is 0.315 e. The van der Waals surface area contributed by atoms with E-state index in [1.165, 1.54) is 5.56 Å². The number of rotatable bonds is 2. The molecule has 0 bridgehead atoms.